The van der Waals surface area contributed by atoms with Crippen LogP contribution in [-0.2, 0) is 11.3 Å². The number of carbonyl (C=O) groups excluding carboxylic acids is 1. The SMILES string of the molecule is C[C@@H]1CCC(N=[N+]=[N-])[C@H](O)CN1C(=O)OCc1ccccc1. The molecule has 118 valence electrons. The molecule has 1 heterocycles. The summed E-state index contributed by atoms with van der Waals surface area (Å²) in [5, 5.41) is 13.7. The highest BCUT2D eigenvalue weighted by Crippen LogP contribution is 2.21. The first-order valence-electron chi connectivity index (χ1n) is 7.31. The van der Waals surface area contributed by atoms with Gasteiger partial charge >= 0.3 is 6.09 Å². The number of ether oxygens (including phenoxy) is 1. The summed E-state index contributed by atoms with van der Waals surface area (Å²) in [4.78, 5) is 16.5. The van der Waals surface area contributed by atoms with E-state index in [1.54, 1.807) is 0 Å². The Morgan fingerprint density at radius 1 is 1.45 bits per heavy atom. The van der Waals surface area contributed by atoms with E-state index in [2.05, 4.69) is 10.0 Å². The van der Waals surface area contributed by atoms with Gasteiger partial charge in [-0.05, 0) is 30.9 Å². The fourth-order valence-corrected chi connectivity index (χ4v) is 2.52. The summed E-state index contributed by atoms with van der Waals surface area (Å²) >= 11 is 0. The number of aliphatic hydroxyl groups excluding tert-OH is 1. The molecule has 3 atom stereocenters. The summed E-state index contributed by atoms with van der Waals surface area (Å²) in [7, 11) is 0. The van der Waals surface area contributed by atoms with Crippen LogP contribution in [0.25, 0.3) is 10.4 Å². The van der Waals surface area contributed by atoms with Crippen molar-refractivity contribution in [1.29, 1.82) is 0 Å². The van der Waals surface area contributed by atoms with E-state index in [0.717, 1.165) is 5.56 Å². The Balaban J connectivity index is 1.97. The molecule has 0 aromatic heterocycles. The van der Waals surface area contributed by atoms with Crippen molar-refractivity contribution < 1.29 is 14.6 Å². The lowest BCUT2D eigenvalue weighted by Crippen LogP contribution is -2.43. The summed E-state index contributed by atoms with van der Waals surface area (Å²) in [6.07, 6.45) is -0.127. The highest BCUT2D eigenvalue weighted by molar-refractivity contribution is 5.68. The van der Waals surface area contributed by atoms with Gasteiger partial charge in [0, 0.05) is 11.0 Å². The zero-order valence-corrected chi connectivity index (χ0v) is 12.5. The van der Waals surface area contributed by atoms with E-state index in [1.165, 1.54) is 4.90 Å². The third-order valence-corrected chi connectivity index (χ3v) is 3.88. The van der Waals surface area contributed by atoms with E-state index >= 15 is 0 Å². The fraction of sp³-hybridized carbons (Fsp3) is 0.533. The van der Waals surface area contributed by atoms with E-state index in [9.17, 15) is 9.90 Å². The maximum atomic E-state index is 12.2. The van der Waals surface area contributed by atoms with Crippen molar-refractivity contribution in [1.82, 2.24) is 4.90 Å². The third kappa shape index (κ3) is 4.13. The van der Waals surface area contributed by atoms with Gasteiger partial charge < -0.3 is 14.7 Å². The number of hydrogen-bond acceptors (Lipinski definition) is 4. The van der Waals surface area contributed by atoms with Gasteiger partial charge in [0.25, 0.3) is 0 Å². The number of nitrogens with zero attached hydrogens (tertiary/aromatic N) is 4. The van der Waals surface area contributed by atoms with Gasteiger partial charge in [-0.1, -0.05) is 35.4 Å². The van der Waals surface area contributed by atoms with Crippen LogP contribution in [0.2, 0.25) is 0 Å². The average Bonchev–Trinajstić information content (AvgIpc) is 2.67. The predicted octanol–water partition coefficient (Wildman–Crippen LogP) is 2.85. The van der Waals surface area contributed by atoms with Crippen molar-refractivity contribution in [2.75, 3.05) is 6.54 Å². The van der Waals surface area contributed by atoms with Crippen molar-refractivity contribution in [2.45, 2.75) is 44.6 Å². The summed E-state index contributed by atoms with van der Waals surface area (Å²) in [6.45, 7) is 2.20. The molecule has 1 unspecified atom stereocenters. The molecule has 1 saturated heterocycles. The van der Waals surface area contributed by atoms with Crippen molar-refractivity contribution in [3.8, 4) is 0 Å². The van der Waals surface area contributed by atoms with Gasteiger partial charge in [-0.15, -0.1) is 0 Å². The van der Waals surface area contributed by atoms with Gasteiger partial charge in [0.2, 0.25) is 0 Å². The minimum absolute atomic E-state index is 0.0724. The van der Waals surface area contributed by atoms with Crippen LogP contribution in [0, 0.1) is 0 Å². The maximum Gasteiger partial charge on any atom is 0.410 e. The minimum Gasteiger partial charge on any atom is -0.445 e. The van der Waals surface area contributed by atoms with Crippen LogP contribution in [0.5, 0.6) is 0 Å². The average molecular weight is 304 g/mol. The van der Waals surface area contributed by atoms with Gasteiger partial charge in [0.1, 0.15) is 6.61 Å². The smallest absolute Gasteiger partial charge is 0.410 e. The van der Waals surface area contributed by atoms with Crippen LogP contribution >= 0.6 is 0 Å². The zero-order valence-electron chi connectivity index (χ0n) is 12.5. The zero-order chi connectivity index (χ0) is 15.9. The molecule has 1 aliphatic heterocycles. The van der Waals surface area contributed by atoms with Gasteiger partial charge in [-0.3, -0.25) is 0 Å². The first-order chi connectivity index (χ1) is 10.6. The molecule has 0 saturated carbocycles. The van der Waals surface area contributed by atoms with Crippen LogP contribution in [0.4, 0.5) is 4.79 Å². The predicted molar refractivity (Wildman–Crippen MR) is 81.0 cm³/mol. The quantitative estimate of drug-likeness (QED) is 0.528. The summed E-state index contributed by atoms with van der Waals surface area (Å²) in [5.74, 6) is 0. The highest BCUT2D eigenvalue weighted by atomic mass is 16.6. The molecule has 1 aromatic rings. The van der Waals surface area contributed by atoms with Gasteiger partial charge in [-0.2, -0.15) is 0 Å². The number of aliphatic hydroxyl groups is 1. The molecule has 7 heteroatoms. The molecule has 1 aliphatic rings. The number of carbonyl (C=O) groups is 1. The maximum absolute atomic E-state index is 12.2. The molecular weight excluding hydrogens is 284 g/mol. The molecule has 1 aromatic carbocycles. The molecule has 1 fully saturated rings. The number of β-amino-alcohol motifs (C(OH)–C–C–N with tert-alkyl or cyclic N) is 1. The van der Waals surface area contributed by atoms with Crippen molar-refractivity contribution in [2.24, 2.45) is 5.11 Å². The number of likely N-dealkylation sites (tertiary alicyclic amines) is 1. The molecule has 7 nitrogen and oxygen atoms in total. The second-order valence-electron chi connectivity index (χ2n) is 5.46. The topological polar surface area (TPSA) is 98.5 Å². The summed E-state index contributed by atoms with van der Waals surface area (Å²) in [5.41, 5.74) is 9.43. The van der Waals surface area contributed by atoms with Crippen LogP contribution in [0.3, 0.4) is 0 Å². The second-order valence-corrected chi connectivity index (χ2v) is 5.46. The van der Waals surface area contributed by atoms with Crippen LogP contribution < -0.4 is 0 Å². The lowest BCUT2D eigenvalue weighted by atomic mass is 10.1. The molecule has 0 aliphatic carbocycles. The van der Waals surface area contributed by atoms with Crippen molar-refractivity contribution in [3.05, 3.63) is 46.3 Å². The number of amides is 1. The van der Waals surface area contributed by atoms with Crippen molar-refractivity contribution >= 4 is 6.09 Å². The second kappa shape index (κ2) is 7.68. The standard InChI is InChI=1S/C15H20N4O3/c1-11-7-8-13(17-18-16)14(20)9-19(11)15(21)22-10-12-5-3-2-4-6-12/h2-6,11,13-14,20H,7-10H2,1H3/t11-,13?,14-/m1/s1. The molecule has 0 spiro atoms. The highest BCUT2D eigenvalue weighted by Gasteiger charge is 2.32. The van der Waals surface area contributed by atoms with E-state index in [1.807, 2.05) is 37.3 Å². The Kier molecular flexibility index (Phi) is 5.63. The van der Waals surface area contributed by atoms with E-state index in [4.69, 9.17) is 10.3 Å². The van der Waals surface area contributed by atoms with Gasteiger partial charge in [0.15, 0.2) is 0 Å². The minimum atomic E-state index is -0.870. The van der Waals surface area contributed by atoms with Crippen LogP contribution in [0.1, 0.15) is 25.3 Å². The lowest BCUT2D eigenvalue weighted by molar-refractivity contribution is 0.0582. The van der Waals surface area contributed by atoms with Gasteiger partial charge in [0.05, 0.1) is 18.7 Å². The normalized spacial score (nSPS) is 25.0. The molecule has 0 radical (unpaired) electrons. The Morgan fingerprint density at radius 2 is 2.18 bits per heavy atom. The third-order valence-electron chi connectivity index (χ3n) is 3.88. The largest absolute Gasteiger partial charge is 0.445 e. The Hall–Kier alpha value is -2.24. The fourth-order valence-electron chi connectivity index (χ4n) is 2.52. The lowest BCUT2D eigenvalue weighted by Gasteiger charge is -2.27. The van der Waals surface area contributed by atoms with E-state index < -0.39 is 18.2 Å². The number of hydrogen-bond donors (Lipinski definition) is 1. The molecular formula is C15H20N4O3. The Morgan fingerprint density at radius 3 is 2.86 bits per heavy atom. The number of benzene rings is 1. The molecule has 0 bridgehead atoms. The van der Waals surface area contributed by atoms with Crippen LogP contribution in [-0.4, -0.2) is 40.8 Å². The van der Waals surface area contributed by atoms with Crippen molar-refractivity contribution in [3.63, 3.8) is 0 Å². The molecule has 1 amide bonds. The Labute approximate surface area is 129 Å². The van der Waals surface area contributed by atoms with Crippen LogP contribution in [0.15, 0.2) is 35.4 Å². The molecule has 22 heavy (non-hydrogen) atoms. The monoisotopic (exact) mass is 304 g/mol. The molecule has 1 N–H and O–H groups in total. The number of rotatable bonds is 3. The first-order valence-corrected chi connectivity index (χ1v) is 7.31. The van der Waals surface area contributed by atoms with E-state index in [0.29, 0.717) is 12.8 Å². The Bertz CT molecular complexity index is 545. The summed E-state index contributed by atoms with van der Waals surface area (Å²) < 4.78 is 5.31. The van der Waals surface area contributed by atoms with E-state index in [-0.39, 0.29) is 19.2 Å². The van der Waals surface area contributed by atoms with Gasteiger partial charge in [-0.25, -0.2) is 4.79 Å². The molecule has 2 rings (SSSR count). The number of azide groups is 1. The first kappa shape index (κ1) is 16.1. The summed E-state index contributed by atoms with van der Waals surface area (Å²) in [6, 6.07) is 8.85.